The van der Waals surface area contributed by atoms with Gasteiger partial charge in [0, 0.05) is 26.9 Å². The SMILES string of the molecule is CCO[Si](CCCOC(=O)c1c(F)c(F)c(F)c(F)c1F)(OC)OC. The quantitative estimate of drug-likeness (QED) is 0.162. The van der Waals surface area contributed by atoms with E-state index in [4.69, 9.17) is 13.3 Å². The minimum absolute atomic E-state index is 0.134. The van der Waals surface area contributed by atoms with Gasteiger partial charge in [-0.3, -0.25) is 0 Å². The highest BCUT2D eigenvalue weighted by Gasteiger charge is 2.38. The summed E-state index contributed by atoms with van der Waals surface area (Å²) in [5, 5.41) is 0. The molecule has 0 fully saturated rings. The third kappa shape index (κ3) is 4.75. The Hall–Kier alpha value is -1.56. The summed E-state index contributed by atoms with van der Waals surface area (Å²) in [6, 6.07) is 0.220. The first-order valence-electron chi connectivity index (χ1n) is 7.17. The number of carbonyl (C=O) groups excluding carboxylic acids is 1. The Bertz CT molecular complexity index is 595. The van der Waals surface area contributed by atoms with Crippen molar-refractivity contribution < 1.29 is 44.8 Å². The van der Waals surface area contributed by atoms with Crippen molar-refractivity contribution in [3.8, 4) is 0 Å². The molecular formula is C14H17F5O5Si. The first-order chi connectivity index (χ1) is 11.7. The zero-order chi connectivity index (χ0) is 19.2. The second-order valence-electron chi connectivity index (χ2n) is 4.71. The highest BCUT2D eigenvalue weighted by atomic mass is 28.4. The van der Waals surface area contributed by atoms with E-state index < -0.39 is 49.4 Å². The standard InChI is InChI=1S/C14H17F5O5Si/c1-4-24-25(21-2,22-3)7-5-6-23-14(20)8-9(15)11(17)13(19)12(18)10(8)16/h4-7H2,1-3H3. The number of hydrogen-bond donors (Lipinski definition) is 0. The molecule has 0 unspecified atom stereocenters. The van der Waals surface area contributed by atoms with Gasteiger partial charge in [0.05, 0.1) is 6.61 Å². The van der Waals surface area contributed by atoms with Crippen LogP contribution in [0.5, 0.6) is 0 Å². The molecule has 0 saturated heterocycles. The zero-order valence-corrected chi connectivity index (χ0v) is 14.8. The molecule has 0 aromatic heterocycles. The summed E-state index contributed by atoms with van der Waals surface area (Å²) in [5.41, 5.74) is -1.64. The highest BCUT2D eigenvalue weighted by molar-refractivity contribution is 6.60. The van der Waals surface area contributed by atoms with Crippen LogP contribution in [-0.4, -0.2) is 42.2 Å². The van der Waals surface area contributed by atoms with Crippen molar-refractivity contribution in [3.05, 3.63) is 34.6 Å². The lowest BCUT2D eigenvalue weighted by Crippen LogP contribution is -2.44. The van der Waals surface area contributed by atoms with Gasteiger partial charge in [-0.25, -0.2) is 26.7 Å². The largest absolute Gasteiger partial charge is 0.500 e. The molecule has 1 aromatic rings. The molecule has 0 aliphatic rings. The normalized spacial score (nSPS) is 11.7. The molecule has 25 heavy (non-hydrogen) atoms. The van der Waals surface area contributed by atoms with Gasteiger partial charge in [0.15, 0.2) is 23.3 Å². The van der Waals surface area contributed by atoms with E-state index >= 15 is 0 Å². The maximum atomic E-state index is 13.5. The van der Waals surface area contributed by atoms with E-state index in [0.717, 1.165) is 0 Å². The summed E-state index contributed by atoms with van der Waals surface area (Å²) in [4.78, 5) is 11.7. The van der Waals surface area contributed by atoms with Gasteiger partial charge in [0.2, 0.25) is 5.82 Å². The number of esters is 1. The Balaban J connectivity index is 2.76. The van der Waals surface area contributed by atoms with Crippen molar-refractivity contribution in [1.82, 2.24) is 0 Å². The van der Waals surface area contributed by atoms with Crippen LogP contribution in [0.4, 0.5) is 22.0 Å². The van der Waals surface area contributed by atoms with Crippen LogP contribution in [0.1, 0.15) is 23.7 Å². The van der Waals surface area contributed by atoms with E-state index in [1.807, 2.05) is 0 Å². The summed E-state index contributed by atoms with van der Waals surface area (Å²) in [6.45, 7) is 1.69. The fourth-order valence-electron chi connectivity index (χ4n) is 2.01. The van der Waals surface area contributed by atoms with Crippen molar-refractivity contribution in [3.63, 3.8) is 0 Å². The molecule has 11 heteroatoms. The molecule has 0 spiro atoms. The molecule has 0 aliphatic carbocycles. The van der Waals surface area contributed by atoms with Gasteiger partial charge in [-0.05, 0) is 13.3 Å². The molecule has 0 bridgehead atoms. The predicted molar refractivity (Wildman–Crippen MR) is 77.3 cm³/mol. The van der Waals surface area contributed by atoms with Crippen LogP contribution in [0.3, 0.4) is 0 Å². The third-order valence-electron chi connectivity index (χ3n) is 3.26. The van der Waals surface area contributed by atoms with Crippen LogP contribution in [0.2, 0.25) is 6.04 Å². The second kappa shape index (κ2) is 9.22. The van der Waals surface area contributed by atoms with Gasteiger partial charge in [0.1, 0.15) is 5.56 Å². The minimum atomic E-state index is -2.95. The molecule has 0 heterocycles. The molecule has 1 rings (SSSR count). The smallest absolute Gasteiger partial charge is 0.462 e. The van der Waals surface area contributed by atoms with Crippen LogP contribution < -0.4 is 0 Å². The average Bonchev–Trinajstić information content (AvgIpc) is 2.61. The molecule has 0 amide bonds. The summed E-state index contributed by atoms with van der Waals surface area (Å²) < 4.78 is 86.4. The van der Waals surface area contributed by atoms with Crippen molar-refractivity contribution in [2.75, 3.05) is 27.4 Å². The Morgan fingerprint density at radius 3 is 1.84 bits per heavy atom. The topological polar surface area (TPSA) is 54.0 Å². The molecule has 0 atom stereocenters. The van der Waals surface area contributed by atoms with Gasteiger partial charge in [-0.15, -0.1) is 0 Å². The van der Waals surface area contributed by atoms with Crippen LogP contribution >= 0.6 is 0 Å². The number of ether oxygens (including phenoxy) is 1. The van der Waals surface area contributed by atoms with E-state index in [1.165, 1.54) is 14.2 Å². The molecular weight excluding hydrogens is 371 g/mol. The Morgan fingerprint density at radius 2 is 1.40 bits per heavy atom. The number of benzene rings is 1. The number of halogens is 5. The molecule has 5 nitrogen and oxygen atoms in total. The monoisotopic (exact) mass is 388 g/mol. The summed E-state index contributed by atoms with van der Waals surface area (Å²) in [7, 11) is -0.189. The molecule has 0 aliphatic heterocycles. The maximum absolute atomic E-state index is 13.5. The highest BCUT2D eigenvalue weighted by Crippen LogP contribution is 2.24. The molecule has 142 valence electrons. The molecule has 0 radical (unpaired) electrons. The van der Waals surface area contributed by atoms with Gasteiger partial charge >= 0.3 is 14.8 Å². The average molecular weight is 388 g/mol. The zero-order valence-electron chi connectivity index (χ0n) is 13.8. The van der Waals surface area contributed by atoms with Crippen molar-refractivity contribution >= 4 is 14.8 Å². The Labute approximate surface area is 142 Å². The van der Waals surface area contributed by atoms with Gasteiger partial charge < -0.3 is 18.0 Å². The van der Waals surface area contributed by atoms with Crippen molar-refractivity contribution in [2.45, 2.75) is 19.4 Å². The summed E-state index contributed by atoms with van der Waals surface area (Å²) in [5.74, 6) is -12.9. The third-order valence-corrected chi connectivity index (χ3v) is 6.20. The lowest BCUT2D eigenvalue weighted by atomic mass is 10.1. The Kier molecular flexibility index (Phi) is 7.92. The van der Waals surface area contributed by atoms with Gasteiger partial charge in [-0.2, -0.15) is 0 Å². The van der Waals surface area contributed by atoms with Gasteiger partial charge in [-0.1, -0.05) is 0 Å². The van der Waals surface area contributed by atoms with Crippen LogP contribution in [0.25, 0.3) is 0 Å². The van der Waals surface area contributed by atoms with Crippen molar-refractivity contribution in [2.24, 2.45) is 0 Å². The lowest BCUT2D eigenvalue weighted by Gasteiger charge is -2.25. The second-order valence-corrected chi connectivity index (χ2v) is 7.68. The molecule has 1 aromatic carbocycles. The molecule has 0 saturated carbocycles. The maximum Gasteiger partial charge on any atom is 0.500 e. The number of hydrogen-bond acceptors (Lipinski definition) is 5. The first-order valence-corrected chi connectivity index (χ1v) is 9.10. The first kappa shape index (κ1) is 21.5. The summed E-state index contributed by atoms with van der Waals surface area (Å²) in [6.07, 6.45) is 0.134. The van der Waals surface area contributed by atoms with E-state index in [1.54, 1.807) is 6.92 Å². The van der Waals surface area contributed by atoms with Crippen molar-refractivity contribution in [1.29, 1.82) is 0 Å². The number of carbonyl (C=O) groups is 1. The van der Waals surface area contributed by atoms with E-state index in [0.29, 0.717) is 6.61 Å². The van der Waals surface area contributed by atoms with E-state index in [2.05, 4.69) is 4.74 Å². The van der Waals surface area contributed by atoms with E-state index in [9.17, 15) is 26.7 Å². The fourth-order valence-corrected chi connectivity index (χ4v) is 3.98. The van der Waals surface area contributed by atoms with E-state index in [-0.39, 0.29) is 19.1 Å². The van der Waals surface area contributed by atoms with Crippen LogP contribution in [0.15, 0.2) is 0 Å². The van der Waals surface area contributed by atoms with Crippen LogP contribution in [-0.2, 0) is 18.0 Å². The lowest BCUT2D eigenvalue weighted by molar-refractivity contribution is 0.0474. The minimum Gasteiger partial charge on any atom is -0.462 e. The molecule has 0 N–H and O–H groups in total. The Morgan fingerprint density at radius 1 is 0.920 bits per heavy atom. The fraction of sp³-hybridized carbons (Fsp3) is 0.500. The summed E-state index contributed by atoms with van der Waals surface area (Å²) >= 11 is 0. The van der Waals surface area contributed by atoms with Gasteiger partial charge in [0.25, 0.3) is 0 Å². The number of rotatable bonds is 9. The van der Waals surface area contributed by atoms with Crippen LogP contribution in [0, 0.1) is 29.1 Å². The predicted octanol–water partition coefficient (Wildman–Crippen LogP) is 3.20.